The number of nitrogens with zero attached hydrogens (tertiary/aromatic N) is 1. The van der Waals surface area contributed by atoms with Crippen molar-refractivity contribution in [3.8, 4) is 0 Å². The molecule has 112 valence electrons. The van der Waals surface area contributed by atoms with Crippen LogP contribution in [-0.4, -0.2) is 25.5 Å². The van der Waals surface area contributed by atoms with Gasteiger partial charge in [0.2, 0.25) is 0 Å². The molecule has 0 amide bonds. The van der Waals surface area contributed by atoms with Crippen molar-refractivity contribution in [1.29, 1.82) is 0 Å². The number of hydrogen-bond donors (Lipinski definition) is 1. The molecule has 0 aromatic heterocycles. The third kappa shape index (κ3) is 3.65. The van der Waals surface area contributed by atoms with E-state index in [0.717, 1.165) is 0 Å². The van der Waals surface area contributed by atoms with Crippen LogP contribution in [0.15, 0.2) is 48.5 Å². The molecule has 0 aliphatic rings. The second-order valence-electron chi connectivity index (χ2n) is 5.64. The fourth-order valence-corrected chi connectivity index (χ4v) is 2.65. The van der Waals surface area contributed by atoms with Gasteiger partial charge in [-0.1, -0.05) is 36.4 Å². The molecule has 0 aliphatic heterocycles. The summed E-state index contributed by atoms with van der Waals surface area (Å²) in [5.41, 5.74) is 6.38. The average molecular weight is 290 g/mol. The molecule has 0 spiro atoms. The Morgan fingerprint density at radius 3 is 2.10 bits per heavy atom. The van der Waals surface area contributed by atoms with Crippen LogP contribution >= 0.6 is 0 Å². The molecule has 0 heterocycles. The zero-order valence-electron chi connectivity index (χ0n) is 12.3. The van der Waals surface area contributed by atoms with E-state index in [9.17, 15) is 8.78 Å². The fourth-order valence-electron chi connectivity index (χ4n) is 2.65. The average Bonchev–Trinajstić information content (AvgIpc) is 2.41. The van der Waals surface area contributed by atoms with E-state index in [-0.39, 0.29) is 18.1 Å². The van der Waals surface area contributed by atoms with Gasteiger partial charge in [0.1, 0.15) is 11.6 Å². The van der Waals surface area contributed by atoms with Crippen molar-refractivity contribution >= 4 is 0 Å². The van der Waals surface area contributed by atoms with Crippen molar-refractivity contribution in [3.63, 3.8) is 0 Å². The first-order chi connectivity index (χ1) is 9.92. The first kappa shape index (κ1) is 15.6. The third-order valence-corrected chi connectivity index (χ3v) is 3.47. The summed E-state index contributed by atoms with van der Waals surface area (Å²) >= 11 is 0. The Kier molecular flexibility index (Phi) is 4.70. The molecule has 0 fully saturated rings. The molecule has 4 heteroatoms. The highest BCUT2D eigenvalue weighted by molar-refractivity contribution is 5.30. The number of halogens is 2. The first-order valence-electron chi connectivity index (χ1n) is 6.84. The SMILES string of the molecule is CN(C)CC(N)(Cc1ccccc1F)c1ccccc1F. The molecule has 1 atom stereocenters. The smallest absolute Gasteiger partial charge is 0.128 e. The lowest BCUT2D eigenvalue weighted by Crippen LogP contribution is -2.48. The van der Waals surface area contributed by atoms with E-state index in [1.54, 1.807) is 36.4 Å². The van der Waals surface area contributed by atoms with Crippen molar-refractivity contribution < 1.29 is 8.78 Å². The predicted octanol–water partition coefficient (Wildman–Crippen LogP) is 2.92. The summed E-state index contributed by atoms with van der Waals surface area (Å²) in [6, 6.07) is 12.9. The quantitative estimate of drug-likeness (QED) is 0.917. The minimum absolute atomic E-state index is 0.235. The van der Waals surface area contributed by atoms with Crippen molar-refractivity contribution in [3.05, 3.63) is 71.3 Å². The molecule has 21 heavy (non-hydrogen) atoms. The maximum absolute atomic E-state index is 14.1. The monoisotopic (exact) mass is 290 g/mol. The molecule has 0 bridgehead atoms. The Labute approximate surface area is 124 Å². The van der Waals surface area contributed by atoms with Crippen LogP contribution in [0.2, 0.25) is 0 Å². The van der Waals surface area contributed by atoms with Gasteiger partial charge in [-0.2, -0.15) is 0 Å². The summed E-state index contributed by atoms with van der Waals surface area (Å²) in [5, 5.41) is 0. The van der Waals surface area contributed by atoms with Gasteiger partial charge in [-0.15, -0.1) is 0 Å². The van der Waals surface area contributed by atoms with Crippen molar-refractivity contribution in [2.24, 2.45) is 5.73 Å². The largest absolute Gasteiger partial charge is 0.320 e. The summed E-state index contributed by atoms with van der Waals surface area (Å²) in [4.78, 5) is 1.88. The summed E-state index contributed by atoms with van der Waals surface area (Å²) < 4.78 is 28.1. The number of nitrogens with two attached hydrogens (primary N) is 1. The van der Waals surface area contributed by atoms with E-state index in [1.807, 2.05) is 19.0 Å². The van der Waals surface area contributed by atoms with Gasteiger partial charge >= 0.3 is 0 Å². The van der Waals surface area contributed by atoms with E-state index in [1.165, 1.54) is 12.1 Å². The standard InChI is InChI=1S/C17H20F2N2/c1-21(2)12-17(20,14-8-4-6-10-16(14)19)11-13-7-3-5-9-15(13)18/h3-10H,11-12,20H2,1-2H3. The van der Waals surface area contributed by atoms with E-state index in [4.69, 9.17) is 5.73 Å². The van der Waals surface area contributed by atoms with Gasteiger partial charge in [0.05, 0.1) is 5.54 Å². The molecule has 2 aromatic carbocycles. The van der Waals surface area contributed by atoms with Crippen molar-refractivity contribution in [2.75, 3.05) is 20.6 Å². The van der Waals surface area contributed by atoms with Crippen LogP contribution in [-0.2, 0) is 12.0 Å². The molecule has 0 saturated carbocycles. The Morgan fingerprint density at radius 2 is 1.52 bits per heavy atom. The number of likely N-dealkylation sites (N-methyl/N-ethyl adjacent to an activating group) is 1. The molecular weight excluding hydrogens is 270 g/mol. The summed E-state index contributed by atoms with van der Waals surface area (Å²) in [6.07, 6.45) is 0.235. The molecule has 2 rings (SSSR count). The predicted molar refractivity (Wildman–Crippen MR) is 80.9 cm³/mol. The molecule has 1 unspecified atom stereocenters. The van der Waals surface area contributed by atoms with Gasteiger partial charge in [0.15, 0.2) is 0 Å². The Morgan fingerprint density at radius 1 is 0.952 bits per heavy atom. The highest BCUT2D eigenvalue weighted by Crippen LogP contribution is 2.27. The van der Waals surface area contributed by atoms with Gasteiger partial charge in [-0.3, -0.25) is 0 Å². The van der Waals surface area contributed by atoms with Gasteiger partial charge in [-0.25, -0.2) is 8.78 Å². The van der Waals surface area contributed by atoms with Crippen molar-refractivity contribution in [2.45, 2.75) is 12.0 Å². The van der Waals surface area contributed by atoms with Gasteiger partial charge in [0, 0.05) is 12.1 Å². The van der Waals surface area contributed by atoms with Crippen LogP contribution in [0.25, 0.3) is 0 Å². The van der Waals surface area contributed by atoms with E-state index in [0.29, 0.717) is 17.7 Å². The van der Waals surface area contributed by atoms with E-state index in [2.05, 4.69) is 0 Å². The minimum atomic E-state index is -0.989. The van der Waals surface area contributed by atoms with E-state index < -0.39 is 5.54 Å². The Hall–Kier alpha value is -1.78. The molecule has 2 N–H and O–H groups in total. The molecule has 0 radical (unpaired) electrons. The van der Waals surface area contributed by atoms with Crippen LogP contribution in [0.3, 0.4) is 0 Å². The van der Waals surface area contributed by atoms with E-state index >= 15 is 0 Å². The summed E-state index contributed by atoms with van der Waals surface area (Å²) in [5.74, 6) is -0.680. The Bertz CT molecular complexity index is 613. The normalized spacial score (nSPS) is 14.2. The second-order valence-corrected chi connectivity index (χ2v) is 5.64. The number of hydrogen-bond acceptors (Lipinski definition) is 2. The molecular formula is C17H20F2N2. The highest BCUT2D eigenvalue weighted by atomic mass is 19.1. The maximum atomic E-state index is 14.1. The Balaban J connectivity index is 2.43. The van der Waals surface area contributed by atoms with Crippen LogP contribution < -0.4 is 5.73 Å². The van der Waals surface area contributed by atoms with Gasteiger partial charge < -0.3 is 10.6 Å². The number of rotatable bonds is 5. The van der Waals surface area contributed by atoms with Gasteiger partial charge in [-0.05, 0) is 38.2 Å². The highest BCUT2D eigenvalue weighted by Gasteiger charge is 2.32. The zero-order valence-corrected chi connectivity index (χ0v) is 12.3. The van der Waals surface area contributed by atoms with Gasteiger partial charge in [0.25, 0.3) is 0 Å². The lowest BCUT2D eigenvalue weighted by molar-refractivity contribution is 0.275. The lowest BCUT2D eigenvalue weighted by atomic mass is 9.83. The fraction of sp³-hybridized carbons (Fsp3) is 0.294. The second kappa shape index (κ2) is 6.33. The topological polar surface area (TPSA) is 29.3 Å². The van der Waals surface area contributed by atoms with Crippen LogP contribution in [0.1, 0.15) is 11.1 Å². The van der Waals surface area contributed by atoms with Crippen LogP contribution in [0.5, 0.6) is 0 Å². The maximum Gasteiger partial charge on any atom is 0.128 e. The van der Waals surface area contributed by atoms with Crippen LogP contribution in [0.4, 0.5) is 8.78 Å². The third-order valence-electron chi connectivity index (χ3n) is 3.47. The molecule has 2 aromatic rings. The summed E-state index contributed by atoms with van der Waals surface area (Å²) in [6.45, 7) is 0.419. The molecule has 0 aliphatic carbocycles. The first-order valence-corrected chi connectivity index (χ1v) is 6.84. The van der Waals surface area contributed by atoms with Crippen molar-refractivity contribution in [1.82, 2.24) is 4.90 Å². The molecule has 2 nitrogen and oxygen atoms in total. The number of benzene rings is 2. The lowest BCUT2D eigenvalue weighted by Gasteiger charge is -2.33. The molecule has 0 saturated heterocycles. The zero-order chi connectivity index (χ0) is 15.5. The van der Waals surface area contributed by atoms with Crippen LogP contribution in [0, 0.1) is 11.6 Å². The minimum Gasteiger partial charge on any atom is -0.320 e. The summed E-state index contributed by atoms with van der Waals surface area (Å²) in [7, 11) is 3.73.